The van der Waals surface area contributed by atoms with Crippen LogP contribution in [0, 0.1) is 11.8 Å². The summed E-state index contributed by atoms with van der Waals surface area (Å²) in [5.74, 6) is 1.44. The molecule has 0 saturated carbocycles. The zero-order chi connectivity index (χ0) is 13.2. The fraction of sp³-hybridized carbons (Fsp3) is 1.00. The fourth-order valence-electron chi connectivity index (χ4n) is 2.52. The molecule has 1 aliphatic rings. The van der Waals surface area contributed by atoms with Gasteiger partial charge in [-0.2, -0.15) is 0 Å². The number of rotatable bonds is 5. The molecule has 1 rings (SSSR count). The van der Waals surface area contributed by atoms with Gasteiger partial charge in [0.25, 0.3) is 0 Å². The summed E-state index contributed by atoms with van der Waals surface area (Å²) >= 11 is 0. The first-order chi connectivity index (χ1) is 7.71. The molecular weight excluding hydrogens is 236 g/mol. The van der Waals surface area contributed by atoms with Crippen molar-refractivity contribution >= 4 is 9.84 Å². The van der Waals surface area contributed by atoms with Gasteiger partial charge in [-0.15, -0.1) is 0 Å². The van der Waals surface area contributed by atoms with Gasteiger partial charge in [0.15, 0.2) is 9.84 Å². The van der Waals surface area contributed by atoms with E-state index in [1.807, 2.05) is 0 Å². The van der Waals surface area contributed by atoms with Gasteiger partial charge in [0.2, 0.25) is 0 Å². The van der Waals surface area contributed by atoms with Crippen molar-refractivity contribution in [3.63, 3.8) is 0 Å². The van der Waals surface area contributed by atoms with Crippen LogP contribution in [0.5, 0.6) is 0 Å². The van der Waals surface area contributed by atoms with Crippen LogP contribution in [-0.2, 0) is 9.84 Å². The molecule has 1 saturated heterocycles. The van der Waals surface area contributed by atoms with Crippen molar-refractivity contribution in [3.8, 4) is 0 Å². The van der Waals surface area contributed by atoms with Crippen LogP contribution in [-0.4, -0.2) is 50.0 Å². The van der Waals surface area contributed by atoms with Gasteiger partial charge in [-0.1, -0.05) is 27.7 Å². The Bertz CT molecular complexity index is 328. The minimum atomic E-state index is -2.93. The van der Waals surface area contributed by atoms with Crippen LogP contribution in [0.25, 0.3) is 0 Å². The SMILES string of the molecule is CC(C)CN(CC(C)C)C1CS(=O)(=O)CC1N. The van der Waals surface area contributed by atoms with Crippen molar-refractivity contribution in [3.05, 3.63) is 0 Å². The number of hydrogen-bond acceptors (Lipinski definition) is 4. The van der Waals surface area contributed by atoms with Crippen molar-refractivity contribution in [1.82, 2.24) is 4.90 Å². The van der Waals surface area contributed by atoms with Gasteiger partial charge in [-0.05, 0) is 11.8 Å². The summed E-state index contributed by atoms with van der Waals surface area (Å²) in [6.45, 7) is 10.5. The van der Waals surface area contributed by atoms with Crippen molar-refractivity contribution in [2.24, 2.45) is 17.6 Å². The van der Waals surface area contributed by atoms with E-state index in [9.17, 15) is 8.42 Å². The standard InChI is InChI=1S/C12H26N2O2S/c1-9(2)5-14(6-10(3)4)12-8-17(15,16)7-11(12)13/h9-12H,5-8,13H2,1-4H3. The molecule has 1 fully saturated rings. The zero-order valence-corrected chi connectivity index (χ0v) is 12.2. The van der Waals surface area contributed by atoms with E-state index in [1.54, 1.807) is 0 Å². The topological polar surface area (TPSA) is 63.4 Å². The Morgan fingerprint density at radius 2 is 1.59 bits per heavy atom. The largest absolute Gasteiger partial charge is 0.325 e. The van der Waals surface area contributed by atoms with Crippen LogP contribution in [0.2, 0.25) is 0 Å². The molecule has 17 heavy (non-hydrogen) atoms. The minimum absolute atomic E-state index is 0.00444. The Kier molecular flexibility index (Phi) is 4.98. The predicted molar refractivity (Wildman–Crippen MR) is 71.7 cm³/mol. The highest BCUT2D eigenvalue weighted by molar-refractivity contribution is 7.91. The third-order valence-corrected chi connectivity index (χ3v) is 4.78. The van der Waals surface area contributed by atoms with E-state index in [0.717, 1.165) is 13.1 Å². The Morgan fingerprint density at radius 1 is 1.12 bits per heavy atom. The molecule has 0 amide bonds. The van der Waals surface area contributed by atoms with E-state index in [0.29, 0.717) is 11.8 Å². The molecule has 1 aliphatic heterocycles. The quantitative estimate of drug-likeness (QED) is 0.793. The summed E-state index contributed by atoms with van der Waals surface area (Å²) < 4.78 is 23.2. The van der Waals surface area contributed by atoms with E-state index in [-0.39, 0.29) is 23.6 Å². The lowest BCUT2D eigenvalue weighted by Gasteiger charge is -2.33. The second-order valence-corrected chi connectivity index (χ2v) is 8.20. The normalized spacial score (nSPS) is 28.5. The smallest absolute Gasteiger partial charge is 0.153 e. The molecule has 4 nitrogen and oxygen atoms in total. The summed E-state index contributed by atoms with van der Waals surface area (Å²) in [7, 11) is -2.93. The summed E-state index contributed by atoms with van der Waals surface area (Å²) in [6, 6.07) is -0.220. The lowest BCUT2D eigenvalue weighted by molar-refractivity contribution is 0.158. The third kappa shape index (κ3) is 4.56. The van der Waals surface area contributed by atoms with Crippen LogP contribution in [0.4, 0.5) is 0 Å². The molecule has 0 aromatic heterocycles. The summed E-state index contributed by atoms with van der Waals surface area (Å²) in [6.07, 6.45) is 0. The van der Waals surface area contributed by atoms with Gasteiger partial charge in [-0.25, -0.2) is 8.42 Å². The maximum absolute atomic E-state index is 11.6. The monoisotopic (exact) mass is 262 g/mol. The molecular formula is C12H26N2O2S. The average Bonchev–Trinajstić information content (AvgIpc) is 2.36. The Hall–Kier alpha value is -0.130. The predicted octanol–water partition coefficient (Wildman–Crippen LogP) is 0.725. The van der Waals surface area contributed by atoms with E-state index in [2.05, 4.69) is 32.6 Å². The van der Waals surface area contributed by atoms with E-state index >= 15 is 0 Å². The third-order valence-electron chi connectivity index (χ3n) is 3.03. The zero-order valence-electron chi connectivity index (χ0n) is 11.4. The maximum Gasteiger partial charge on any atom is 0.153 e. The molecule has 0 aromatic rings. The van der Waals surface area contributed by atoms with Crippen LogP contribution in [0.3, 0.4) is 0 Å². The van der Waals surface area contributed by atoms with Crippen molar-refractivity contribution in [2.45, 2.75) is 39.8 Å². The molecule has 0 spiro atoms. The summed E-state index contributed by atoms with van der Waals surface area (Å²) in [5, 5.41) is 0. The van der Waals surface area contributed by atoms with Crippen LogP contribution in [0.15, 0.2) is 0 Å². The number of sulfone groups is 1. The van der Waals surface area contributed by atoms with Crippen LogP contribution < -0.4 is 5.73 Å². The highest BCUT2D eigenvalue weighted by atomic mass is 32.2. The molecule has 1 heterocycles. The lowest BCUT2D eigenvalue weighted by Crippen LogP contribution is -2.49. The lowest BCUT2D eigenvalue weighted by atomic mass is 10.1. The summed E-state index contributed by atoms with van der Waals surface area (Å²) in [4.78, 5) is 2.27. The maximum atomic E-state index is 11.6. The molecule has 0 aromatic carbocycles. The Balaban J connectivity index is 2.76. The van der Waals surface area contributed by atoms with Gasteiger partial charge >= 0.3 is 0 Å². The Labute approximate surface area is 105 Å². The Morgan fingerprint density at radius 3 is 1.88 bits per heavy atom. The van der Waals surface area contributed by atoms with Crippen molar-refractivity contribution < 1.29 is 8.42 Å². The molecule has 0 aliphatic carbocycles. The van der Waals surface area contributed by atoms with Gasteiger partial charge in [0.1, 0.15) is 0 Å². The first kappa shape index (κ1) is 14.9. The molecule has 0 radical (unpaired) electrons. The molecule has 2 unspecified atom stereocenters. The average molecular weight is 262 g/mol. The highest BCUT2D eigenvalue weighted by Crippen LogP contribution is 2.19. The summed E-state index contributed by atoms with van der Waals surface area (Å²) in [5.41, 5.74) is 5.99. The van der Waals surface area contributed by atoms with Gasteiger partial charge in [-0.3, -0.25) is 4.90 Å². The first-order valence-corrected chi connectivity index (χ1v) is 8.23. The molecule has 0 bridgehead atoms. The van der Waals surface area contributed by atoms with Gasteiger partial charge in [0, 0.05) is 25.2 Å². The van der Waals surface area contributed by atoms with Crippen molar-refractivity contribution in [2.75, 3.05) is 24.6 Å². The number of nitrogens with zero attached hydrogens (tertiary/aromatic N) is 1. The van der Waals surface area contributed by atoms with E-state index < -0.39 is 9.84 Å². The number of nitrogens with two attached hydrogens (primary N) is 1. The van der Waals surface area contributed by atoms with Gasteiger partial charge in [0.05, 0.1) is 11.5 Å². The highest BCUT2D eigenvalue weighted by Gasteiger charge is 2.38. The first-order valence-electron chi connectivity index (χ1n) is 6.41. The second kappa shape index (κ2) is 5.67. The second-order valence-electron chi connectivity index (χ2n) is 6.05. The molecule has 5 heteroatoms. The van der Waals surface area contributed by atoms with Gasteiger partial charge < -0.3 is 5.73 Å². The molecule has 2 atom stereocenters. The van der Waals surface area contributed by atoms with E-state index in [1.165, 1.54) is 0 Å². The fourth-order valence-corrected chi connectivity index (χ4v) is 4.44. The molecule has 102 valence electrons. The van der Waals surface area contributed by atoms with E-state index in [4.69, 9.17) is 5.73 Å². The van der Waals surface area contributed by atoms with Crippen LogP contribution >= 0.6 is 0 Å². The van der Waals surface area contributed by atoms with Crippen LogP contribution in [0.1, 0.15) is 27.7 Å². The minimum Gasteiger partial charge on any atom is -0.325 e. The molecule has 2 N–H and O–H groups in total. The number of hydrogen-bond donors (Lipinski definition) is 1. The van der Waals surface area contributed by atoms with Crippen molar-refractivity contribution in [1.29, 1.82) is 0 Å².